The fourth-order valence-corrected chi connectivity index (χ4v) is 2.52. The quantitative estimate of drug-likeness (QED) is 0.933. The molecule has 0 bridgehead atoms. The molecule has 1 aromatic heterocycles. The van der Waals surface area contributed by atoms with E-state index >= 15 is 0 Å². The summed E-state index contributed by atoms with van der Waals surface area (Å²) in [4.78, 5) is 29.4. The molecule has 1 heterocycles. The van der Waals surface area contributed by atoms with Crippen LogP contribution in [-0.2, 0) is 6.54 Å². The molecule has 6 heteroatoms. The predicted octanol–water partition coefficient (Wildman–Crippen LogP) is 1.77. The van der Waals surface area contributed by atoms with Crippen LogP contribution in [0.2, 0.25) is 0 Å². The SMILES string of the molecule is CNC(=O)c1csc(CN(C)C(=O)c2ccccc2)n1. The van der Waals surface area contributed by atoms with E-state index < -0.39 is 0 Å². The number of rotatable bonds is 4. The Morgan fingerprint density at radius 3 is 2.65 bits per heavy atom. The number of thiazole rings is 1. The van der Waals surface area contributed by atoms with Crippen molar-refractivity contribution in [2.75, 3.05) is 14.1 Å². The van der Waals surface area contributed by atoms with Crippen LogP contribution in [0.5, 0.6) is 0 Å². The summed E-state index contributed by atoms with van der Waals surface area (Å²) in [5, 5.41) is 4.94. The van der Waals surface area contributed by atoms with Gasteiger partial charge in [0.2, 0.25) is 0 Å². The summed E-state index contributed by atoms with van der Waals surface area (Å²) in [6.07, 6.45) is 0. The Bertz CT molecular complexity index is 610. The van der Waals surface area contributed by atoms with E-state index in [1.807, 2.05) is 18.2 Å². The number of nitrogens with one attached hydrogen (secondary N) is 1. The first-order valence-electron chi connectivity index (χ1n) is 6.09. The van der Waals surface area contributed by atoms with E-state index in [0.717, 1.165) is 5.01 Å². The highest BCUT2D eigenvalue weighted by Crippen LogP contribution is 2.13. The highest BCUT2D eigenvalue weighted by Gasteiger charge is 2.14. The van der Waals surface area contributed by atoms with Gasteiger partial charge in [-0.05, 0) is 12.1 Å². The van der Waals surface area contributed by atoms with Crippen LogP contribution in [0.1, 0.15) is 25.9 Å². The van der Waals surface area contributed by atoms with Crippen molar-refractivity contribution in [3.8, 4) is 0 Å². The standard InChI is InChI=1S/C14H15N3O2S/c1-15-13(18)11-9-20-12(16-11)8-17(2)14(19)10-6-4-3-5-7-10/h3-7,9H,8H2,1-2H3,(H,15,18). The largest absolute Gasteiger partial charge is 0.354 e. The first-order chi connectivity index (χ1) is 9.61. The van der Waals surface area contributed by atoms with E-state index in [9.17, 15) is 9.59 Å². The number of amides is 2. The van der Waals surface area contributed by atoms with Gasteiger partial charge in [0.05, 0.1) is 6.54 Å². The second-order valence-electron chi connectivity index (χ2n) is 4.23. The zero-order valence-electron chi connectivity index (χ0n) is 11.3. The van der Waals surface area contributed by atoms with E-state index in [1.54, 1.807) is 36.5 Å². The normalized spacial score (nSPS) is 10.1. The van der Waals surface area contributed by atoms with Crippen molar-refractivity contribution >= 4 is 23.2 Å². The number of carbonyl (C=O) groups is 2. The number of hydrogen-bond acceptors (Lipinski definition) is 4. The summed E-state index contributed by atoms with van der Waals surface area (Å²) in [7, 11) is 3.28. The van der Waals surface area contributed by atoms with E-state index in [0.29, 0.717) is 17.8 Å². The minimum Gasteiger partial charge on any atom is -0.354 e. The van der Waals surface area contributed by atoms with Crippen molar-refractivity contribution in [1.29, 1.82) is 0 Å². The molecule has 0 aliphatic rings. The first-order valence-corrected chi connectivity index (χ1v) is 6.96. The number of aromatic nitrogens is 1. The van der Waals surface area contributed by atoms with Gasteiger partial charge < -0.3 is 10.2 Å². The Morgan fingerprint density at radius 1 is 1.30 bits per heavy atom. The molecule has 2 aromatic rings. The van der Waals surface area contributed by atoms with Gasteiger partial charge in [0, 0.05) is 25.0 Å². The topological polar surface area (TPSA) is 62.3 Å². The van der Waals surface area contributed by atoms with Crippen molar-refractivity contribution in [2.45, 2.75) is 6.54 Å². The summed E-state index contributed by atoms with van der Waals surface area (Å²) in [6, 6.07) is 9.07. The number of carbonyl (C=O) groups excluding carboxylic acids is 2. The molecule has 0 unspecified atom stereocenters. The van der Waals surface area contributed by atoms with Gasteiger partial charge in [0.1, 0.15) is 10.7 Å². The molecule has 0 saturated heterocycles. The van der Waals surface area contributed by atoms with E-state index in [1.165, 1.54) is 11.3 Å². The van der Waals surface area contributed by atoms with Gasteiger partial charge in [-0.25, -0.2) is 4.98 Å². The number of benzene rings is 1. The highest BCUT2D eigenvalue weighted by molar-refractivity contribution is 7.09. The zero-order chi connectivity index (χ0) is 14.5. The summed E-state index contributed by atoms with van der Waals surface area (Å²) < 4.78 is 0. The van der Waals surface area contributed by atoms with Crippen molar-refractivity contribution in [1.82, 2.24) is 15.2 Å². The molecule has 2 amide bonds. The van der Waals surface area contributed by atoms with Gasteiger partial charge >= 0.3 is 0 Å². The van der Waals surface area contributed by atoms with Gasteiger partial charge in [0.25, 0.3) is 11.8 Å². The van der Waals surface area contributed by atoms with Crippen LogP contribution < -0.4 is 5.32 Å². The zero-order valence-corrected chi connectivity index (χ0v) is 12.1. The van der Waals surface area contributed by atoms with Crippen LogP contribution in [0.25, 0.3) is 0 Å². The Hall–Kier alpha value is -2.21. The van der Waals surface area contributed by atoms with Crippen LogP contribution in [0, 0.1) is 0 Å². The second kappa shape index (κ2) is 6.29. The van der Waals surface area contributed by atoms with Crippen LogP contribution in [0.15, 0.2) is 35.7 Å². The molecule has 1 N–H and O–H groups in total. The number of nitrogens with zero attached hydrogens (tertiary/aromatic N) is 2. The smallest absolute Gasteiger partial charge is 0.270 e. The highest BCUT2D eigenvalue weighted by atomic mass is 32.1. The molecule has 2 rings (SSSR count). The molecule has 20 heavy (non-hydrogen) atoms. The Labute approximate surface area is 121 Å². The first kappa shape index (κ1) is 14.2. The fraction of sp³-hybridized carbons (Fsp3) is 0.214. The van der Waals surface area contributed by atoms with Gasteiger partial charge in [0.15, 0.2) is 0 Å². The Morgan fingerprint density at radius 2 is 2.00 bits per heavy atom. The van der Waals surface area contributed by atoms with Crippen LogP contribution in [0.4, 0.5) is 0 Å². The lowest BCUT2D eigenvalue weighted by molar-refractivity contribution is 0.0785. The van der Waals surface area contributed by atoms with Crippen molar-refractivity contribution in [2.24, 2.45) is 0 Å². The van der Waals surface area contributed by atoms with E-state index in [4.69, 9.17) is 0 Å². The third kappa shape index (κ3) is 3.21. The molecule has 0 radical (unpaired) electrons. The van der Waals surface area contributed by atoms with Crippen molar-refractivity contribution < 1.29 is 9.59 Å². The molecule has 0 fully saturated rings. The van der Waals surface area contributed by atoms with Gasteiger partial charge in [-0.3, -0.25) is 9.59 Å². The lowest BCUT2D eigenvalue weighted by atomic mass is 10.2. The molecule has 104 valence electrons. The Kier molecular flexibility index (Phi) is 4.47. The van der Waals surface area contributed by atoms with E-state index in [2.05, 4.69) is 10.3 Å². The molecule has 0 spiro atoms. The maximum Gasteiger partial charge on any atom is 0.270 e. The van der Waals surface area contributed by atoms with Crippen LogP contribution >= 0.6 is 11.3 Å². The summed E-state index contributed by atoms with van der Waals surface area (Å²) in [5.74, 6) is -0.285. The molecule has 0 aliphatic heterocycles. The maximum atomic E-state index is 12.2. The fourth-order valence-electron chi connectivity index (χ4n) is 1.69. The molecule has 1 aromatic carbocycles. The molecule has 0 saturated carbocycles. The summed E-state index contributed by atoms with van der Waals surface area (Å²) in [5.41, 5.74) is 1.02. The van der Waals surface area contributed by atoms with Crippen molar-refractivity contribution in [3.63, 3.8) is 0 Å². The molecular formula is C14H15N3O2S. The average molecular weight is 289 g/mol. The third-order valence-electron chi connectivity index (χ3n) is 2.75. The molecular weight excluding hydrogens is 274 g/mol. The summed E-state index contributed by atoms with van der Waals surface area (Å²) >= 11 is 1.37. The minimum atomic E-state index is -0.218. The second-order valence-corrected chi connectivity index (χ2v) is 5.18. The van der Waals surface area contributed by atoms with Gasteiger partial charge in [-0.15, -0.1) is 11.3 Å². The monoisotopic (exact) mass is 289 g/mol. The lowest BCUT2D eigenvalue weighted by Gasteiger charge is -2.15. The number of hydrogen-bond donors (Lipinski definition) is 1. The van der Waals surface area contributed by atoms with E-state index in [-0.39, 0.29) is 11.8 Å². The Balaban J connectivity index is 2.04. The summed E-state index contributed by atoms with van der Waals surface area (Å²) in [6.45, 7) is 0.384. The van der Waals surface area contributed by atoms with Gasteiger partial charge in [-0.2, -0.15) is 0 Å². The molecule has 5 nitrogen and oxygen atoms in total. The van der Waals surface area contributed by atoms with Gasteiger partial charge in [-0.1, -0.05) is 18.2 Å². The maximum absolute atomic E-state index is 12.2. The predicted molar refractivity (Wildman–Crippen MR) is 77.7 cm³/mol. The minimum absolute atomic E-state index is 0.0673. The lowest BCUT2D eigenvalue weighted by Crippen LogP contribution is -2.26. The van der Waals surface area contributed by atoms with Crippen molar-refractivity contribution in [3.05, 3.63) is 52.0 Å². The average Bonchev–Trinajstić information content (AvgIpc) is 2.95. The molecule has 0 aliphatic carbocycles. The van der Waals surface area contributed by atoms with Crippen LogP contribution in [0.3, 0.4) is 0 Å². The molecule has 0 atom stereocenters. The van der Waals surface area contributed by atoms with Crippen LogP contribution in [-0.4, -0.2) is 35.8 Å². The third-order valence-corrected chi connectivity index (χ3v) is 3.58.